The monoisotopic (exact) mass is 292 g/mol. The van der Waals surface area contributed by atoms with E-state index in [0.717, 1.165) is 0 Å². The Bertz CT molecular complexity index is 662. The van der Waals surface area contributed by atoms with Crippen LogP contribution in [0.2, 0.25) is 0 Å². The molecule has 0 aliphatic rings. The number of rotatable bonds is 5. The van der Waals surface area contributed by atoms with Crippen LogP contribution in [0.15, 0.2) is 28.7 Å². The Morgan fingerprint density at radius 3 is 2.52 bits per heavy atom. The Morgan fingerprint density at radius 1 is 1.33 bits per heavy atom. The van der Waals surface area contributed by atoms with Crippen LogP contribution in [0.3, 0.4) is 0 Å². The van der Waals surface area contributed by atoms with Gasteiger partial charge in [-0.25, -0.2) is 9.78 Å². The molecule has 1 heterocycles. The minimum atomic E-state index is -0.664. The number of nitro benzene ring substituents is 1. The molecule has 0 atom stereocenters. The van der Waals surface area contributed by atoms with Gasteiger partial charge in [-0.15, -0.1) is 0 Å². The van der Waals surface area contributed by atoms with Gasteiger partial charge in [0.15, 0.2) is 0 Å². The molecule has 8 nitrogen and oxygen atoms in total. The zero-order chi connectivity index (χ0) is 15.4. The first-order chi connectivity index (χ1) is 10.1. The summed E-state index contributed by atoms with van der Waals surface area (Å²) in [6, 6.07) is 5.63. The van der Waals surface area contributed by atoms with Crippen LogP contribution in [0.4, 0.5) is 5.69 Å². The van der Waals surface area contributed by atoms with Crippen LogP contribution < -0.4 is 0 Å². The van der Waals surface area contributed by atoms with Gasteiger partial charge in [0.1, 0.15) is 5.69 Å². The number of esters is 1. The minimum Gasteiger partial charge on any atom is -0.463 e. The van der Waals surface area contributed by atoms with Crippen molar-refractivity contribution >= 4 is 11.7 Å². The molecule has 0 aliphatic carbocycles. The number of non-ortho nitro benzene ring substituents is 1. The van der Waals surface area contributed by atoms with Gasteiger partial charge in [-0.3, -0.25) is 10.1 Å². The van der Waals surface area contributed by atoms with Gasteiger partial charge in [0.25, 0.3) is 5.69 Å². The highest BCUT2D eigenvalue weighted by atomic mass is 16.6. The molecule has 0 aliphatic heterocycles. The van der Waals surface area contributed by atoms with Crippen molar-refractivity contribution in [3.8, 4) is 11.5 Å². The maximum atomic E-state index is 11.6. The first-order valence-corrected chi connectivity index (χ1v) is 5.88. The van der Waals surface area contributed by atoms with Gasteiger partial charge in [0.2, 0.25) is 11.7 Å². The minimum absolute atomic E-state index is 0.0457. The average Bonchev–Trinajstić information content (AvgIpc) is 2.91. The van der Waals surface area contributed by atoms with Crippen molar-refractivity contribution in [1.29, 1.82) is 0 Å². The number of hydrogen-bond donors (Lipinski definition) is 0. The number of aromatic nitrogens is 1. The molecule has 0 spiro atoms. The molecule has 0 radical (unpaired) electrons. The highest BCUT2D eigenvalue weighted by Gasteiger charge is 2.21. The normalized spacial score (nSPS) is 10.4. The molecule has 0 fully saturated rings. The van der Waals surface area contributed by atoms with Gasteiger partial charge in [0, 0.05) is 24.8 Å². The van der Waals surface area contributed by atoms with E-state index in [2.05, 4.69) is 9.72 Å². The van der Waals surface area contributed by atoms with E-state index in [-0.39, 0.29) is 23.9 Å². The van der Waals surface area contributed by atoms with Crippen LogP contribution in [0.1, 0.15) is 16.2 Å². The zero-order valence-corrected chi connectivity index (χ0v) is 11.4. The van der Waals surface area contributed by atoms with Crippen LogP contribution in [0.25, 0.3) is 11.5 Å². The summed E-state index contributed by atoms with van der Waals surface area (Å²) < 4.78 is 14.9. The van der Waals surface area contributed by atoms with Crippen molar-refractivity contribution in [2.24, 2.45) is 0 Å². The average molecular weight is 292 g/mol. The molecule has 0 N–H and O–H groups in total. The van der Waals surface area contributed by atoms with Crippen molar-refractivity contribution in [3.05, 3.63) is 45.8 Å². The van der Waals surface area contributed by atoms with E-state index in [0.29, 0.717) is 11.3 Å². The van der Waals surface area contributed by atoms with Crippen molar-refractivity contribution in [2.45, 2.75) is 6.61 Å². The van der Waals surface area contributed by atoms with E-state index in [4.69, 9.17) is 9.15 Å². The summed E-state index contributed by atoms with van der Waals surface area (Å²) in [6.45, 7) is 0.0842. The number of ether oxygens (including phenoxy) is 2. The second-order valence-electron chi connectivity index (χ2n) is 4.02. The zero-order valence-electron chi connectivity index (χ0n) is 11.4. The third-order valence-electron chi connectivity index (χ3n) is 2.67. The molecule has 110 valence electrons. The SMILES string of the molecule is COCc1nc(-c2ccc([N+](=O)[O-])cc2)oc1C(=O)OC. The first-order valence-electron chi connectivity index (χ1n) is 5.88. The lowest BCUT2D eigenvalue weighted by Crippen LogP contribution is -2.04. The lowest BCUT2D eigenvalue weighted by Gasteiger charge is -1.96. The van der Waals surface area contributed by atoms with Gasteiger partial charge in [-0.2, -0.15) is 0 Å². The van der Waals surface area contributed by atoms with Gasteiger partial charge < -0.3 is 13.9 Å². The fourth-order valence-electron chi connectivity index (χ4n) is 1.69. The highest BCUT2D eigenvalue weighted by Crippen LogP contribution is 2.25. The molecule has 2 aromatic rings. The maximum absolute atomic E-state index is 11.6. The summed E-state index contributed by atoms with van der Waals surface area (Å²) >= 11 is 0. The third-order valence-corrected chi connectivity index (χ3v) is 2.67. The second-order valence-corrected chi connectivity index (χ2v) is 4.02. The van der Waals surface area contributed by atoms with Gasteiger partial charge in [0.05, 0.1) is 18.6 Å². The molecule has 2 rings (SSSR count). The largest absolute Gasteiger partial charge is 0.463 e. The van der Waals surface area contributed by atoms with Crippen molar-refractivity contribution in [2.75, 3.05) is 14.2 Å². The number of oxazole rings is 1. The van der Waals surface area contributed by atoms with Crippen LogP contribution >= 0.6 is 0 Å². The lowest BCUT2D eigenvalue weighted by molar-refractivity contribution is -0.384. The fraction of sp³-hybridized carbons (Fsp3) is 0.231. The number of nitro groups is 1. The Labute approximate surface area is 119 Å². The van der Waals surface area contributed by atoms with Crippen molar-refractivity contribution in [1.82, 2.24) is 4.98 Å². The summed E-state index contributed by atoms with van der Waals surface area (Å²) in [5, 5.41) is 10.6. The van der Waals surface area contributed by atoms with Crippen molar-refractivity contribution in [3.63, 3.8) is 0 Å². The van der Waals surface area contributed by atoms with Gasteiger partial charge in [-0.1, -0.05) is 0 Å². The molecular formula is C13H12N2O6. The Kier molecular flexibility index (Phi) is 4.29. The number of hydrogen-bond acceptors (Lipinski definition) is 7. The quantitative estimate of drug-likeness (QED) is 0.472. The second kappa shape index (κ2) is 6.14. The first kappa shape index (κ1) is 14.7. The standard InChI is InChI=1S/C13H12N2O6/c1-19-7-10-11(13(16)20-2)21-12(14-10)8-3-5-9(6-4-8)15(17)18/h3-6H,7H2,1-2H3. The Balaban J connectivity index is 2.39. The summed E-state index contributed by atoms with van der Waals surface area (Å²) in [7, 11) is 2.69. The Morgan fingerprint density at radius 2 is 2.00 bits per heavy atom. The molecule has 8 heteroatoms. The van der Waals surface area contributed by atoms with Gasteiger partial charge in [-0.05, 0) is 12.1 Å². The van der Waals surface area contributed by atoms with Crippen LogP contribution in [-0.4, -0.2) is 30.1 Å². The van der Waals surface area contributed by atoms with Crippen LogP contribution in [-0.2, 0) is 16.1 Å². The molecule has 1 aromatic heterocycles. The fourth-order valence-corrected chi connectivity index (χ4v) is 1.69. The number of methoxy groups -OCH3 is 2. The van der Waals surface area contributed by atoms with Gasteiger partial charge >= 0.3 is 5.97 Å². The molecule has 0 saturated heterocycles. The van der Waals surface area contributed by atoms with Crippen LogP contribution in [0.5, 0.6) is 0 Å². The molecule has 0 saturated carbocycles. The molecule has 1 aromatic carbocycles. The molecule has 21 heavy (non-hydrogen) atoms. The number of nitrogens with zero attached hydrogens (tertiary/aromatic N) is 2. The number of carbonyl (C=O) groups excluding carboxylic acids is 1. The summed E-state index contributed by atoms with van der Waals surface area (Å²) in [5.41, 5.74) is 0.765. The topological polar surface area (TPSA) is 105 Å². The van der Waals surface area contributed by atoms with Crippen molar-refractivity contribution < 1.29 is 23.6 Å². The molecule has 0 amide bonds. The Hall–Kier alpha value is -2.74. The summed E-state index contributed by atoms with van der Waals surface area (Å²) in [6.07, 6.45) is 0. The smallest absolute Gasteiger partial charge is 0.376 e. The predicted molar refractivity (Wildman–Crippen MR) is 70.6 cm³/mol. The van der Waals surface area contributed by atoms with E-state index in [1.165, 1.54) is 38.5 Å². The lowest BCUT2D eigenvalue weighted by atomic mass is 10.2. The van der Waals surface area contributed by atoms with E-state index in [1.807, 2.05) is 0 Å². The van der Waals surface area contributed by atoms with E-state index in [9.17, 15) is 14.9 Å². The summed E-state index contributed by atoms with van der Waals surface area (Å²) in [4.78, 5) is 25.9. The van der Waals surface area contributed by atoms with E-state index in [1.54, 1.807) is 0 Å². The number of carbonyl (C=O) groups is 1. The highest BCUT2D eigenvalue weighted by molar-refractivity contribution is 5.87. The van der Waals surface area contributed by atoms with E-state index < -0.39 is 10.9 Å². The van der Waals surface area contributed by atoms with Crippen LogP contribution in [0, 0.1) is 10.1 Å². The molecule has 0 unspecified atom stereocenters. The van der Waals surface area contributed by atoms with E-state index >= 15 is 0 Å². The molecule has 0 bridgehead atoms. The molecular weight excluding hydrogens is 280 g/mol. The predicted octanol–water partition coefficient (Wildman–Crippen LogP) is 2.18. The number of benzene rings is 1. The maximum Gasteiger partial charge on any atom is 0.376 e. The summed E-state index contributed by atoms with van der Waals surface area (Å²) in [5.74, 6) is -0.548. The third kappa shape index (κ3) is 3.06.